The topological polar surface area (TPSA) is 151 Å². The van der Waals surface area contributed by atoms with Gasteiger partial charge in [0.05, 0.1) is 27.5 Å². The van der Waals surface area contributed by atoms with Crippen LogP contribution in [-0.2, 0) is 14.3 Å². The summed E-state index contributed by atoms with van der Waals surface area (Å²) in [6.07, 6.45) is -0.995. The summed E-state index contributed by atoms with van der Waals surface area (Å²) in [4.78, 5) is 42.5. The van der Waals surface area contributed by atoms with Crippen molar-refractivity contribution in [1.29, 1.82) is 0 Å². The molecule has 0 heterocycles. The highest BCUT2D eigenvalue weighted by Crippen LogP contribution is 2.25. The van der Waals surface area contributed by atoms with Crippen LogP contribution in [0.1, 0.15) is 13.8 Å². The molecule has 0 aliphatic rings. The quantitative estimate of drug-likeness (QED) is 0.343. The van der Waals surface area contributed by atoms with Crippen molar-refractivity contribution in [3.05, 3.63) is 38.4 Å². The van der Waals surface area contributed by atoms with Crippen LogP contribution < -0.4 is 5.32 Å². The Labute approximate surface area is 135 Å². The monoisotopic (exact) mass is 341 g/mol. The lowest BCUT2D eigenvalue weighted by atomic mass is 10.2. The third-order valence-corrected chi connectivity index (χ3v) is 2.60. The molecule has 0 saturated heterocycles. The summed E-state index contributed by atoms with van der Waals surface area (Å²) in [7, 11) is 0. The van der Waals surface area contributed by atoms with Crippen molar-refractivity contribution in [3.63, 3.8) is 0 Å². The van der Waals surface area contributed by atoms with Crippen LogP contribution in [0.4, 0.5) is 21.9 Å². The Morgan fingerprint density at radius 2 is 1.54 bits per heavy atom. The molecule has 0 bridgehead atoms. The second-order valence-corrected chi connectivity index (χ2v) is 4.84. The van der Waals surface area contributed by atoms with Gasteiger partial charge in [-0.05, 0) is 0 Å². The first-order valence-electron chi connectivity index (χ1n) is 6.75. The van der Waals surface area contributed by atoms with Crippen molar-refractivity contribution in [2.24, 2.45) is 5.92 Å². The zero-order valence-corrected chi connectivity index (χ0v) is 12.9. The van der Waals surface area contributed by atoms with Crippen LogP contribution >= 0.6 is 0 Å². The maximum atomic E-state index is 11.5. The lowest BCUT2D eigenvalue weighted by Gasteiger charge is -2.09. The molecule has 0 fully saturated rings. The maximum Gasteiger partial charge on any atom is 0.411 e. The average molecular weight is 341 g/mol. The smallest absolute Gasteiger partial charge is 0.411 e. The van der Waals surface area contributed by atoms with E-state index in [1.165, 1.54) is 0 Å². The Morgan fingerprint density at radius 3 is 2.00 bits per heavy atom. The van der Waals surface area contributed by atoms with E-state index in [1.807, 2.05) is 0 Å². The summed E-state index contributed by atoms with van der Waals surface area (Å²) in [6.45, 7) is 2.90. The number of amides is 1. The number of nitro groups is 2. The van der Waals surface area contributed by atoms with E-state index in [0.717, 1.165) is 18.2 Å². The molecule has 24 heavy (non-hydrogen) atoms. The van der Waals surface area contributed by atoms with Crippen LogP contribution in [0.15, 0.2) is 18.2 Å². The summed E-state index contributed by atoms with van der Waals surface area (Å²) in [5.41, 5.74) is -1.27. The van der Waals surface area contributed by atoms with E-state index >= 15 is 0 Å². The summed E-state index contributed by atoms with van der Waals surface area (Å²) in [6, 6.07) is 2.67. The first kappa shape index (κ1) is 18.8. The largest absolute Gasteiger partial charge is 0.462 e. The number of nitrogens with zero attached hydrogens (tertiary/aromatic N) is 2. The highest BCUT2D eigenvalue weighted by Gasteiger charge is 2.18. The second kappa shape index (κ2) is 8.41. The SMILES string of the molecule is CC(C)C(=O)OCCOC(=O)Nc1cc([N+](=O)[O-])cc([N+](=O)[O-])c1. The fourth-order valence-corrected chi connectivity index (χ4v) is 1.48. The minimum absolute atomic E-state index is 0.153. The van der Waals surface area contributed by atoms with Crippen LogP contribution in [-0.4, -0.2) is 35.1 Å². The summed E-state index contributed by atoms with van der Waals surface area (Å²) in [5.74, 6) is -0.766. The van der Waals surface area contributed by atoms with Gasteiger partial charge >= 0.3 is 12.1 Å². The zero-order chi connectivity index (χ0) is 18.3. The molecule has 0 atom stereocenters. The number of benzene rings is 1. The van der Waals surface area contributed by atoms with E-state index < -0.39 is 33.3 Å². The van der Waals surface area contributed by atoms with Crippen LogP contribution in [0.25, 0.3) is 0 Å². The fourth-order valence-electron chi connectivity index (χ4n) is 1.48. The van der Waals surface area contributed by atoms with Crippen molar-refractivity contribution in [3.8, 4) is 0 Å². The van der Waals surface area contributed by atoms with Crippen LogP contribution in [0.3, 0.4) is 0 Å². The molecule has 0 saturated carbocycles. The maximum absolute atomic E-state index is 11.5. The molecule has 1 rings (SSSR count). The van der Waals surface area contributed by atoms with E-state index in [0.29, 0.717) is 0 Å². The first-order valence-corrected chi connectivity index (χ1v) is 6.75. The standard InChI is InChI=1S/C13H15N3O8/c1-8(2)12(17)23-3-4-24-13(18)14-9-5-10(15(19)20)7-11(6-9)16(21)22/h5-8H,3-4H2,1-2H3,(H,14,18). The van der Waals surface area contributed by atoms with E-state index in [1.54, 1.807) is 13.8 Å². The van der Waals surface area contributed by atoms with Gasteiger partial charge in [0, 0.05) is 12.1 Å². The second-order valence-electron chi connectivity index (χ2n) is 4.84. The minimum Gasteiger partial charge on any atom is -0.462 e. The number of ether oxygens (including phenoxy) is 2. The number of carbonyl (C=O) groups is 2. The van der Waals surface area contributed by atoms with Gasteiger partial charge in [-0.15, -0.1) is 0 Å². The number of anilines is 1. The highest BCUT2D eigenvalue weighted by atomic mass is 16.6. The molecule has 11 nitrogen and oxygen atoms in total. The number of hydrogen-bond acceptors (Lipinski definition) is 8. The molecule has 0 aliphatic heterocycles. The molecule has 0 unspecified atom stereocenters. The molecule has 0 radical (unpaired) electrons. The van der Waals surface area contributed by atoms with Gasteiger partial charge in [-0.3, -0.25) is 30.3 Å². The number of nitro benzene ring substituents is 2. The van der Waals surface area contributed by atoms with Gasteiger partial charge in [0.2, 0.25) is 0 Å². The van der Waals surface area contributed by atoms with Crippen LogP contribution in [0.5, 0.6) is 0 Å². The lowest BCUT2D eigenvalue weighted by Crippen LogP contribution is -2.19. The molecule has 1 N–H and O–H groups in total. The van der Waals surface area contributed by atoms with Crippen molar-refractivity contribution in [2.45, 2.75) is 13.8 Å². The fraction of sp³-hybridized carbons (Fsp3) is 0.385. The van der Waals surface area contributed by atoms with Gasteiger partial charge < -0.3 is 9.47 Å². The number of carbonyl (C=O) groups excluding carboxylic acids is 2. The van der Waals surface area contributed by atoms with Crippen molar-refractivity contribution >= 4 is 29.1 Å². The molecule has 1 aromatic carbocycles. The molecule has 11 heteroatoms. The van der Waals surface area contributed by atoms with Crippen LogP contribution in [0, 0.1) is 26.1 Å². The van der Waals surface area contributed by atoms with Gasteiger partial charge in [-0.2, -0.15) is 0 Å². The number of hydrogen-bond donors (Lipinski definition) is 1. The lowest BCUT2D eigenvalue weighted by molar-refractivity contribution is -0.394. The third kappa shape index (κ3) is 5.87. The van der Waals surface area contributed by atoms with Gasteiger partial charge in [0.15, 0.2) is 0 Å². The van der Waals surface area contributed by atoms with E-state index in [9.17, 15) is 29.8 Å². The third-order valence-electron chi connectivity index (χ3n) is 2.60. The highest BCUT2D eigenvalue weighted by molar-refractivity contribution is 5.85. The van der Waals surface area contributed by atoms with E-state index in [-0.39, 0.29) is 24.8 Å². The first-order chi connectivity index (χ1) is 11.2. The molecule has 0 spiro atoms. The predicted octanol–water partition coefficient (Wildman–Crippen LogP) is 2.25. The summed E-state index contributed by atoms with van der Waals surface area (Å²) in [5, 5.41) is 23.6. The number of esters is 1. The Hall–Kier alpha value is -3.24. The predicted molar refractivity (Wildman–Crippen MR) is 80.5 cm³/mol. The van der Waals surface area contributed by atoms with Gasteiger partial charge in [-0.25, -0.2) is 4.79 Å². The molecule has 0 aromatic heterocycles. The Morgan fingerprint density at radius 1 is 1.04 bits per heavy atom. The van der Waals surface area contributed by atoms with Gasteiger partial charge in [0.25, 0.3) is 11.4 Å². The Bertz CT molecular complexity index is 626. The van der Waals surface area contributed by atoms with E-state index in [4.69, 9.17) is 9.47 Å². The number of non-ortho nitro benzene ring substituents is 2. The van der Waals surface area contributed by atoms with Crippen molar-refractivity contribution in [1.82, 2.24) is 0 Å². The van der Waals surface area contributed by atoms with Crippen molar-refractivity contribution < 1.29 is 28.9 Å². The number of nitrogens with one attached hydrogen (secondary N) is 1. The normalized spacial score (nSPS) is 10.1. The van der Waals surface area contributed by atoms with Crippen molar-refractivity contribution in [2.75, 3.05) is 18.5 Å². The molecule has 130 valence electrons. The summed E-state index contributed by atoms with van der Waals surface area (Å²) < 4.78 is 9.49. The molecule has 0 aliphatic carbocycles. The minimum atomic E-state index is -0.995. The van der Waals surface area contributed by atoms with E-state index in [2.05, 4.69) is 5.32 Å². The Balaban J connectivity index is 2.62. The molecular formula is C13H15N3O8. The van der Waals surface area contributed by atoms with Gasteiger partial charge in [-0.1, -0.05) is 13.8 Å². The summed E-state index contributed by atoms with van der Waals surface area (Å²) >= 11 is 0. The van der Waals surface area contributed by atoms with Gasteiger partial charge in [0.1, 0.15) is 13.2 Å². The van der Waals surface area contributed by atoms with Crippen LogP contribution in [0.2, 0.25) is 0 Å². The Kier molecular flexibility index (Phi) is 6.59. The molecule has 1 aromatic rings. The zero-order valence-electron chi connectivity index (χ0n) is 12.9. The molecular weight excluding hydrogens is 326 g/mol. The average Bonchev–Trinajstić information content (AvgIpc) is 2.50. The number of rotatable bonds is 7. The molecule has 1 amide bonds.